The molecule has 258 valence electrons. The van der Waals surface area contributed by atoms with Crippen LogP contribution in [-0.2, 0) is 5.41 Å². The first-order chi connectivity index (χ1) is 27.3. The topological polar surface area (TPSA) is 51.6 Å². The Morgan fingerprint density at radius 3 is 1.15 bits per heavy atom. The quantitative estimate of drug-likeness (QED) is 0.166. The summed E-state index contributed by atoms with van der Waals surface area (Å²) in [6, 6.07) is 70.5. The second-order valence-electron chi connectivity index (χ2n) is 13.8. The van der Waals surface area contributed by atoms with E-state index in [0.29, 0.717) is 17.5 Å². The zero-order valence-electron chi connectivity index (χ0n) is 29.9. The molecule has 0 saturated carbocycles. The van der Waals surface area contributed by atoms with Gasteiger partial charge in [-0.15, -0.1) is 0 Å². The van der Waals surface area contributed by atoms with Gasteiger partial charge in [-0.05, 0) is 56.6 Å². The van der Waals surface area contributed by atoms with Gasteiger partial charge in [-0.2, -0.15) is 0 Å². The zero-order valence-corrected chi connectivity index (χ0v) is 29.9. The van der Waals surface area contributed by atoms with Gasteiger partial charge < -0.3 is 0 Å². The Labute approximate surface area is 320 Å². The largest absolute Gasteiger partial charge is 0.256 e. The van der Waals surface area contributed by atoms with Crippen LogP contribution in [0.3, 0.4) is 0 Å². The lowest BCUT2D eigenvalue weighted by molar-refractivity contribution is 0.768. The van der Waals surface area contributed by atoms with Crippen molar-refractivity contribution >= 4 is 0 Å². The van der Waals surface area contributed by atoms with Crippen LogP contribution in [0.4, 0.5) is 0 Å². The molecule has 0 fully saturated rings. The van der Waals surface area contributed by atoms with Gasteiger partial charge in [0.25, 0.3) is 0 Å². The molecule has 1 aliphatic rings. The molecular formula is C51H34N4. The first kappa shape index (κ1) is 32.4. The molecule has 1 aliphatic carbocycles. The van der Waals surface area contributed by atoms with Crippen molar-refractivity contribution in [2.45, 2.75) is 5.41 Å². The van der Waals surface area contributed by atoms with Crippen LogP contribution < -0.4 is 0 Å². The summed E-state index contributed by atoms with van der Waals surface area (Å²) in [5.74, 6) is 1.93. The minimum absolute atomic E-state index is 0.531. The third-order valence-electron chi connectivity index (χ3n) is 10.7. The van der Waals surface area contributed by atoms with E-state index in [4.69, 9.17) is 15.0 Å². The molecule has 0 radical (unpaired) electrons. The summed E-state index contributed by atoms with van der Waals surface area (Å²) in [4.78, 5) is 19.4. The summed E-state index contributed by atoms with van der Waals surface area (Å²) in [5, 5.41) is 0. The van der Waals surface area contributed by atoms with E-state index in [1.54, 1.807) is 0 Å². The van der Waals surface area contributed by atoms with Gasteiger partial charge in [0.1, 0.15) is 0 Å². The molecule has 0 saturated heterocycles. The number of benzene rings is 7. The predicted molar refractivity (Wildman–Crippen MR) is 222 cm³/mol. The first-order valence-corrected chi connectivity index (χ1v) is 18.6. The van der Waals surface area contributed by atoms with Gasteiger partial charge in [0.15, 0.2) is 17.5 Å². The molecular weight excluding hydrogens is 669 g/mol. The number of hydrogen-bond donors (Lipinski definition) is 0. The molecule has 4 nitrogen and oxygen atoms in total. The Bertz CT molecular complexity index is 2660. The molecule has 0 unspecified atom stereocenters. The van der Waals surface area contributed by atoms with Crippen LogP contribution in [0, 0.1) is 0 Å². The maximum Gasteiger partial charge on any atom is 0.164 e. The van der Waals surface area contributed by atoms with Crippen molar-refractivity contribution in [2.24, 2.45) is 0 Å². The number of pyridine rings is 1. The van der Waals surface area contributed by atoms with E-state index in [0.717, 1.165) is 27.9 Å². The van der Waals surface area contributed by atoms with E-state index in [-0.39, 0.29) is 0 Å². The summed E-state index contributed by atoms with van der Waals surface area (Å²) in [5.41, 5.74) is 14.2. The van der Waals surface area contributed by atoms with Gasteiger partial charge in [0.2, 0.25) is 0 Å². The molecule has 7 aromatic carbocycles. The normalized spacial score (nSPS) is 12.5. The Kier molecular flexibility index (Phi) is 8.00. The molecule has 0 atom stereocenters. The molecule has 0 aliphatic heterocycles. The molecule has 2 heterocycles. The lowest BCUT2D eigenvalue weighted by Crippen LogP contribution is -2.28. The molecule has 0 amide bonds. The first-order valence-electron chi connectivity index (χ1n) is 18.6. The van der Waals surface area contributed by atoms with Crippen LogP contribution in [-0.4, -0.2) is 19.9 Å². The van der Waals surface area contributed by atoms with Crippen LogP contribution in [0.5, 0.6) is 0 Å². The van der Waals surface area contributed by atoms with E-state index >= 15 is 0 Å². The van der Waals surface area contributed by atoms with Crippen molar-refractivity contribution in [3.63, 3.8) is 0 Å². The maximum absolute atomic E-state index is 5.01. The Balaban J connectivity index is 1.09. The monoisotopic (exact) mass is 702 g/mol. The van der Waals surface area contributed by atoms with E-state index in [9.17, 15) is 0 Å². The Morgan fingerprint density at radius 1 is 0.291 bits per heavy atom. The van der Waals surface area contributed by atoms with Crippen molar-refractivity contribution in [1.29, 1.82) is 0 Å². The Hall–Kier alpha value is -7.30. The zero-order chi connectivity index (χ0) is 36.6. The van der Waals surface area contributed by atoms with Gasteiger partial charge in [0, 0.05) is 28.5 Å². The third kappa shape index (κ3) is 5.63. The number of rotatable bonds is 7. The molecule has 0 N–H and O–H groups in total. The minimum atomic E-state index is -0.531. The SMILES string of the molecule is c1ccc(-c2nc(-c3ccccc3)nc(-c3ccc(C4(c5ccc(-c6ccc(-c7ccccn7)cc6)cc5)c5ccccc5-c5ccccc54)cc3)n2)cc1. The lowest BCUT2D eigenvalue weighted by atomic mass is 9.67. The molecule has 2 aromatic heterocycles. The molecule has 55 heavy (non-hydrogen) atoms. The molecule has 0 spiro atoms. The fraction of sp³-hybridized carbons (Fsp3) is 0.0196. The number of hydrogen-bond acceptors (Lipinski definition) is 4. The Morgan fingerprint density at radius 2 is 0.673 bits per heavy atom. The molecule has 9 aromatic rings. The summed E-state index contributed by atoms with van der Waals surface area (Å²) in [7, 11) is 0. The van der Waals surface area contributed by atoms with Crippen LogP contribution in [0.2, 0.25) is 0 Å². The highest BCUT2D eigenvalue weighted by Crippen LogP contribution is 2.56. The second kappa shape index (κ2) is 13.6. The van der Waals surface area contributed by atoms with E-state index < -0.39 is 5.41 Å². The lowest BCUT2D eigenvalue weighted by Gasteiger charge is -2.34. The van der Waals surface area contributed by atoms with Gasteiger partial charge >= 0.3 is 0 Å². The average Bonchev–Trinajstić information content (AvgIpc) is 3.58. The highest BCUT2D eigenvalue weighted by Gasteiger charge is 2.45. The van der Waals surface area contributed by atoms with Crippen molar-refractivity contribution in [3.05, 3.63) is 229 Å². The van der Waals surface area contributed by atoms with Gasteiger partial charge in [-0.25, -0.2) is 15.0 Å². The maximum atomic E-state index is 5.01. The standard InChI is InChI=1S/C51H34N4/c1-3-13-38(14-4-1)48-53-49(39-15-5-2-6-16-39)55-50(54-48)40-28-32-42(33-29-40)51(45-19-9-7-17-43(45)44-18-8-10-20-46(44)51)41-30-26-36(27-31-41)35-22-24-37(25-23-35)47-21-11-12-34-52-47/h1-34H. The van der Waals surface area contributed by atoms with Crippen LogP contribution in [0.1, 0.15) is 22.3 Å². The van der Waals surface area contributed by atoms with Crippen molar-refractivity contribution in [3.8, 4) is 67.7 Å². The molecule has 0 bridgehead atoms. The van der Waals surface area contributed by atoms with Gasteiger partial charge in [-0.3, -0.25) is 4.98 Å². The van der Waals surface area contributed by atoms with E-state index in [1.807, 2.05) is 85.1 Å². The summed E-state index contributed by atoms with van der Waals surface area (Å²) in [6.45, 7) is 0. The average molecular weight is 703 g/mol. The smallest absolute Gasteiger partial charge is 0.164 e. The van der Waals surface area contributed by atoms with Crippen LogP contribution in [0.15, 0.2) is 206 Å². The number of fused-ring (bicyclic) bond motifs is 3. The van der Waals surface area contributed by atoms with E-state index in [1.165, 1.54) is 44.5 Å². The minimum Gasteiger partial charge on any atom is -0.256 e. The van der Waals surface area contributed by atoms with Gasteiger partial charge in [0.05, 0.1) is 11.1 Å². The molecule has 10 rings (SSSR count). The second-order valence-corrected chi connectivity index (χ2v) is 13.8. The van der Waals surface area contributed by atoms with E-state index in [2.05, 4.69) is 126 Å². The van der Waals surface area contributed by atoms with Crippen molar-refractivity contribution < 1.29 is 0 Å². The third-order valence-corrected chi connectivity index (χ3v) is 10.7. The van der Waals surface area contributed by atoms with Crippen molar-refractivity contribution in [2.75, 3.05) is 0 Å². The fourth-order valence-electron chi connectivity index (χ4n) is 8.11. The summed E-state index contributed by atoms with van der Waals surface area (Å²) >= 11 is 0. The van der Waals surface area contributed by atoms with Crippen LogP contribution in [0.25, 0.3) is 67.7 Å². The summed E-state index contributed by atoms with van der Waals surface area (Å²) in [6.07, 6.45) is 1.83. The predicted octanol–water partition coefficient (Wildman–Crippen LogP) is 12.0. The highest BCUT2D eigenvalue weighted by atomic mass is 15.0. The number of aromatic nitrogens is 4. The highest BCUT2D eigenvalue weighted by molar-refractivity contribution is 5.86. The molecule has 4 heteroatoms. The fourth-order valence-corrected chi connectivity index (χ4v) is 8.11. The van der Waals surface area contributed by atoms with Crippen molar-refractivity contribution in [1.82, 2.24) is 19.9 Å². The van der Waals surface area contributed by atoms with Crippen LogP contribution >= 0.6 is 0 Å². The summed E-state index contributed by atoms with van der Waals surface area (Å²) < 4.78 is 0. The van der Waals surface area contributed by atoms with Gasteiger partial charge in [-0.1, -0.05) is 188 Å². The number of nitrogens with zero attached hydrogens (tertiary/aromatic N) is 4.